The molecular formula is C20H20F2N4O3S. The average molecular weight is 434 g/mol. The molecule has 7 nitrogen and oxygen atoms in total. The molecule has 0 atom stereocenters. The fourth-order valence-corrected chi connectivity index (χ4v) is 4.48. The second-order valence-electron chi connectivity index (χ2n) is 7.30. The SMILES string of the molecule is CCCS(=O)(=O)Nc1ccc(F)c(C(=O)Nc2cnc3[nH]cc(C4CC4)c3c2)c1F. The summed E-state index contributed by atoms with van der Waals surface area (Å²) in [4.78, 5) is 19.9. The molecule has 3 N–H and O–H groups in total. The molecule has 0 bridgehead atoms. The lowest BCUT2D eigenvalue weighted by Gasteiger charge is -2.12. The topological polar surface area (TPSA) is 104 Å². The molecule has 0 radical (unpaired) electrons. The van der Waals surface area contributed by atoms with Gasteiger partial charge in [-0.1, -0.05) is 6.92 Å². The van der Waals surface area contributed by atoms with Gasteiger partial charge < -0.3 is 10.3 Å². The minimum absolute atomic E-state index is 0.225. The van der Waals surface area contributed by atoms with Gasteiger partial charge in [0, 0.05) is 11.6 Å². The maximum Gasteiger partial charge on any atom is 0.261 e. The summed E-state index contributed by atoms with van der Waals surface area (Å²) in [6.45, 7) is 1.66. The highest BCUT2D eigenvalue weighted by molar-refractivity contribution is 7.92. The van der Waals surface area contributed by atoms with E-state index in [1.54, 1.807) is 13.0 Å². The number of rotatable bonds is 7. The summed E-state index contributed by atoms with van der Waals surface area (Å²) in [5, 5.41) is 3.30. The number of fused-ring (bicyclic) bond motifs is 1. The number of halogens is 2. The van der Waals surface area contributed by atoms with Crippen LogP contribution in [0.25, 0.3) is 11.0 Å². The minimum Gasteiger partial charge on any atom is -0.346 e. The summed E-state index contributed by atoms with van der Waals surface area (Å²) >= 11 is 0. The molecule has 1 aliphatic carbocycles. The Bertz CT molecular complexity index is 1240. The van der Waals surface area contributed by atoms with E-state index >= 15 is 0 Å². The summed E-state index contributed by atoms with van der Waals surface area (Å²) < 4.78 is 54.9. The van der Waals surface area contributed by atoms with Crippen molar-refractivity contribution in [2.75, 3.05) is 15.8 Å². The zero-order valence-electron chi connectivity index (χ0n) is 16.1. The van der Waals surface area contributed by atoms with Crippen molar-refractivity contribution in [3.8, 4) is 0 Å². The predicted octanol–water partition coefficient (Wildman–Crippen LogP) is 4.12. The molecule has 1 aliphatic rings. The number of sulfonamides is 1. The molecule has 1 amide bonds. The highest BCUT2D eigenvalue weighted by Gasteiger charge is 2.27. The van der Waals surface area contributed by atoms with Crippen LogP contribution >= 0.6 is 0 Å². The summed E-state index contributed by atoms with van der Waals surface area (Å²) in [6, 6.07) is 3.50. The van der Waals surface area contributed by atoms with Gasteiger partial charge in [-0.25, -0.2) is 22.2 Å². The Morgan fingerprint density at radius 2 is 2.07 bits per heavy atom. The number of hydrogen-bond donors (Lipinski definition) is 3. The predicted molar refractivity (Wildman–Crippen MR) is 110 cm³/mol. The van der Waals surface area contributed by atoms with Crippen LogP contribution in [0, 0.1) is 11.6 Å². The van der Waals surface area contributed by atoms with Gasteiger partial charge in [-0.2, -0.15) is 0 Å². The van der Waals surface area contributed by atoms with E-state index in [0.717, 1.165) is 35.9 Å². The van der Waals surface area contributed by atoms with E-state index in [9.17, 15) is 22.0 Å². The van der Waals surface area contributed by atoms with Crippen LogP contribution < -0.4 is 10.0 Å². The Labute approximate surface area is 172 Å². The number of aromatic amines is 1. The lowest BCUT2D eigenvalue weighted by Crippen LogP contribution is -2.20. The van der Waals surface area contributed by atoms with Crippen molar-refractivity contribution in [1.29, 1.82) is 0 Å². The highest BCUT2D eigenvalue weighted by atomic mass is 32.2. The second kappa shape index (κ2) is 7.67. The van der Waals surface area contributed by atoms with Crippen molar-refractivity contribution >= 4 is 38.3 Å². The number of carbonyl (C=O) groups excluding carboxylic acids is 1. The third-order valence-corrected chi connectivity index (χ3v) is 6.37. The highest BCUT2D eigenvalue weighted by Crippen LogP contribution is 2.43. The van der Waals surface area contributed by atoms with Crippen LogP contribution in [-0.4, -0.2) is 30.0 Å². The van der Waals surface area contributed by atoms with E-state index in [1.807, 2.05) is 6.20 Å². The first-order valence-corrected chi connectivity index (χ1v) is 11.2. The number of H-pyrrole nitrogens is 1. The van der Waals surface area contributed by atoms with Gasteiger partial charge in [-0.05, 0) is 48.9 Å². The molecule has 0 saturated heterocycles. The quantitative estimate of drug-likeness (QED) is 0.520. The first-order chi connectivity index (χ1) is 14.3. The summed E-state index contributed by atoms with van der Waals surface area (Å²) in [5.41, 5.74) is 0.691. The van der Waals surface area contributed by atoms with Crippen molar-refractivity contribution in [2.24, 2.45) is 0 Å². The van der Waals surface area contributed by atoms with Crippen LogP contribution in [0.4, 0.5) is 20.2 Å². The van der Waals surface area contributed by atoms with E-state index in [-0.39, 0.29) is 11.4 Å². The first-order valence-electron chi connectivity index (χ1n) is 9.56. The lowest BCUT2D eigenvalue weighted by atomic mass is 10.1. The molecule has 1 fully saturated rings. The van der Waals surface area contributed by atoms with Gasteiger partial charge in [0.1, 0.15) is 17.0 Å². The molecule has 10 heteroatoms. The molecule has 2 aromatic heterocycles. The molecule has 1 saturated carbocycles. The molecule has 0 aliphatic heterocycles. The first kappa shape index (κ1) is 20.3. The van der Waals surface area contributed by atoms with Gasteiger partial charge in [0.2, 0.25) is 10.0 Å². The van der Waals surface area contributed by atoms with Crippen LogP contribution in [0.15, 0.2) is 30.6 Å². The molecule has 2 heterocycles. The largest absolute Gasteiger partial charge is 0.346 e. The Hall–Kier alpha value is -3.01. The zero-order valence-corrected chi connectivity index (χ0v) is 16.9. The number of carbonyl (C=O) groups is 1. The smallest absolute Gasteiger partial charge is 0.261 e. The number of nitrogens with one attached hydrogen (secondary N) is 3. The second-order valence-corrected chi connectivity index (χ2v) is 9.14. The lowest BCUT2D eigenvalue weighted by molar-refractivity contribution is 0.101. The number of anilines is 2. The minimum atomic E-state index is -3.80. The van der Waals surface area contributed by atoms with E-state index in [4.69, 9.17) is 0 Å². The maximum atomic E-state index is 14.8. The third-order valence-electron chi connectivity index (χ3n) is 4.89. The normalized spacial score (nSPS) is 14.1. The van der Waals surface area contributed by atoms with Crippen molar-refractivity contribution in [3.63, 3.8) is 0 Å². The number of hydrogen-bond acceptors (Lipinski definition) is 4. The standard InChI is InChI=1S/C20H20F2N4O3S/c1-2-7-30(28,29)26-16-6-5-15(21)17(18(16)22)20(27)25-12-8-13-14(11-3-4-11)10-24-19(13)23-9-12/h5-6,8-11,26H,2-4,7H2,1H3,(H,23,24)(H,25,27). The van der Waals surface area contributed by atoms with E-state index in [2.05, 4.69) is 20.0 Å². The van der Waals surface area contributed by atoms with Gasteiger partial charge >= 0.3 is 0 Å². The number of pyridine rings is 1. The van der Waals surface area contributed by atoms with E-state index in [0.29, 0.717) is 18.0 Å². The van der Waals surface area contributed by atoms with E-state index in [1.165, 1.54) is 6.20 Å². The number of nitrogens with zero attached hydrogens (tertiary/aromatic N) is 1. The van der Waals surface area contributed by atoms with Crippen molar-refractivity contribution in [1.82, 2.24) is 9.97 Å². The Morgan fingerprint density at radius 1 is 1.30 bits per heavy atom. The molecule has 0 unspecified atom stereocenters. The Kier molecular flexibility index (Phi) is 5.19. The third kappa shape index (κ3) is 4.00. The summed E-state index contributed by atoms with van der Waals surface area (Å²) in [6.07, 6.45) is 5.76. The number of amides is 1. The van der Waals surface area contributed by atoms with Crippen molar-refractivity contribution in [2.45, 2.75) is 32.1 Å². The van der Waals surface area contributed by atoms with Crippen molar-refractivity contribution in [3.05, 3.63) is 53.4 Å². The molecular weight excluding hydrogens is 414 g/mol. The summed E-state index contributed by atoms with van der Waals surface area (Å²) in [7, 11) is -3.80. The van der Waals surface area contributed by atoms with Crippen LogP contribution in [0.2, 0.25) is 0 Å². The molecule has 30 heavy (non-hydrogen) atoms. The Balaban J connectivity index is 1.62. The van der Waals surface area contributed by atoms with Crippen LogP contribution in [0.1, 0.15) is 48.0 Å². The van der Waals surface area contributed by atoms with Gasteiger partial charge in [0.15, 0.2) is 5.82 Å². The molecule has 1 aromatic carbocycles. The van der Waals surface area contributed by atoms with Crippen LogP contribution in [0.5, 0.6) is 0 Å². The zero-order chi connectivity index (χ0) is 21.5. The molecule has 158 valence electrons. The van der Waals surface area contributed by atoms with E-state index < -0.39 is 38.8 Å². The van der Waals surface area contributed by atoms with Crippen LogP contribution in [0.3, 0.4) is 0 Å². The fourth-order valence-electron chi connectivity index (χ4n) is 3.34. The number of benzene rings is 1. The van der Waals surface area contributed by atoms with Gasteiger partial charge in [-0.3, -0.25) is 9.52 Å². The Morgan fingerprint density at radius 3 is 2.77 bits per heavy atom. The van der Waals surface area contributed by atoms with Gasteiger partial charge in [0.05, 0.1) is 23.3 Å². The number of aromatic nitrogens is 2. The molecule has 3 aromatic rings. The van der Waals surface area contributed by atoms with Gasteiger partial charge in [-0.15, -0.1) is 0 Å². The molecule has 0 spiro atoms. The van der Waals surface area contributed by atoms with Crippen molar-refractivity contribution < 1.29 is 22.0 Å². The molecule has 4 rings (SSSR count). The monoisotopic (exact) mass is 434 g/mol. The maximum absolute atomic E-state index is 14.8. The van der Waals surface area contributed by atoms with Crippen LogP contribution in [-0.2, 0) is 10.0 Å². The fraction of sp³-hybridized carbons (Fsp3) is 0.300. The summed E-state index contributed by atoms with van der Waals surface area (Å²) in [5.74, 6) is -3.18. The average Bonchev–Trinajstić information content (AvgIpc) is 3.43. The van der Waals surface area contributed by atoms with Gasteiger partial charge in [0.25, 0.3) is 5.91 Å².